The fraction of sp³-hybridized carbons (Fsp3) is 0.696. The van der Waals surface area contributed by atoms with Gasteiger partial charge in [0.1, 0.15) is 13.2 Å². The molecule has 6 heteroatoms. The summed E-state index contributed by atoms with van der Waals surface area (Å²) in [5.74, 6) is -1.01. The minimum absolute atomic E-state index is 0.111. The van der Waals surface area contributed by atoms with Gasteiger partial charge in [0, 0.05) is 19.3 Å². The van der Waals surface area contributed by atoms with Crippen molar-refractivity contribution in [1.29, 1.82) is 0 Å². The van der Waals surface area contributed by atoms with Crippen LogP contribution in [0.15, 0.2) is 109 Å². The molecule has 75 heavy (non-hydrogen) atoms. The standard InChI is InChI=1S/C69H116O6/c1-4-7-10-13-16-19-22-25-28-31-33-34-36-39-41-44-47-50-53-56-59-62-68(71)74-65-66(75-69(72)63-60-57-54-51-48-45-42-37-30-27-24-21-18-15-12-9-6-3)64-73-67(70)61-58-55-52-49-46-43-40-38-35-32-29-26-23-20-17-14-11-8-5-2/h17-18,20-21,25-30,35,38,42-43,45-46,52,55,66H,4-16,19,22-24,31-34,36-37,39-41,44,47-51,53-54,56-65H2,1-3H3/b20-17-,21-18-,28-25-,29-26-,30-27-,38-35-,45-42-,46-43-,55-52-/t66-/m1/s1. The van der Waals surface area contributed by atoms with Crippen LogP contribution >= 0.6 is 0 Å². The topological polar surface area (TPSA) is 78.9 Å². The molecule has 0 bridgehead atoms. The average molecular weight is 1040 g/mol. The van der Waals surface area contributed by atoms with Crippen LogP contribution in [0.3, 0.4) is 0 Å². The molecule has 0 radical (unpaired) electrons. The molecule has 0 aliphatic carbocycles. The number of carbonyl (C=O) groups excluding carboxylic acids is 3. The summed E-state index contributed by atoms with van der Waals surface area (Å²) in [7, 11) is 0. The zero-order chi connectivity index (χ0) is 54.3. The molecule has 0 aliphatic heterocycles. The van der Waals surface area contributed by atoms with Gasteiger partial charge in [-0.2, -0.15) is 0 Å². The van der Waals surface area contributed by atoms with Crippen LogP contribution in [0.25, 0.3) is 0 Å². The van der Waals surface area contributed by atoms with Gasteiger partial charge in [-0.3, -0.25) is 14.4 Å². The van der Waals surface area contributed by atoms with Crippen molar-refractivity contribution in [3.05, 3.63) is 109 Å². The van der Waals surface area contributed by atoms with Crippen molar-refractivity contribution in [3.8, 4) is 0 Å². The summed E-state index contributed by atoms with van der Waals surface area (Å²) in [5.41, 5.74) is 0. The maximum Gasteiger partial charge on any atom is 0.306 e. The molecule has 0 aromatic rings. The summed E-state index contributed by atoms with van der Waals surface area (Å²) in [6.07, 6.45) is 85.2. The molecule has 1 atom stereocenters. The predicted octanol–water partition coefficient (Wildman–Crippen LogP) is 21.4. The molecular weight excluding hydrogens is 925 g/mol. The third-order valence-electron chi connectivity index (χ3n) is 13.2. The quantitative estimate of drug-likeness (QED) is 0.0261. The van der Waals surface area contributed by atoms with Crippen molar-refractivity contribution in [2.24, 2.45) is 0 Å². The highest BCUT2D eigenvalue weighted by Crippen LogP contribution is 2.15. The van der Waals surface area contributed by atoms with Gasteiger partial charge in [0.25, 0.3) is 0 Å². The van der Waals surface area contributed by atoms with Crippen LogP contribution < -0.4 is 0 Å². The molecule has 0 saturated carbocycles. The number of hydrogen-bond donors (Lipinski definition) is 0. The second kappa shape index (κ2) is 62.6. The molecule has 0 fully saturated rings. The van der Waals surface area contributed by atoms with Crippen molar-refractivity contribution in [2.45, 2.75) is 297 Å². The Balaban J connectivity index is 4.50. The van der Waals surface area contributed by atoms with Gasteiger partial charge in [0.05, 0.1) is 0 Å². The zero-order valence-corrected chi connectivity index (χ0v) is 49.0. The van der Waals surface area contributed by atoms with Gasteiger partial charge in [-0.05, 0) is 122 Å². The summed E-state index contributed by atoms with van der Waals surface area (Å²) in [4.78, 5) is 38.3. The molecule has 0 aliphatic rings. The van der Waals surface area contributed by atoms with Crippen LogP contribution in [-0.2, 0) is 28.6 Å². The fourth-order valence-corrected chi connectivity index (χ4v) is 8.49. The van der Waals surface area contributed by atoms with Crippen molar-refractivity contribution < 1.29 is 28.6 Å². The second-order valence-electron chi connectivity index (χ2n) is 20.6. The Morgan fingerprint density at radius 1 is 0.267 bits per heavy atom. The van der Waals surface area contributed by atoms with Crippen LogP contribution in [0.2, 0.25) is 0 Å². The lowest BCUT2D eigenvalue weighted by atomic mass is 10.0. The highest BCUT2D eigenvalue weighted by atomic mass is 16.6. The van der Waals surface area contributed by atoms with E-state index in [-0.39, 0.29) is 44.0 Å². The van der Waals surface area contributed by atoms with E-state index in [1.807, 2.05) is 6.08 Å². The minimum atomic E-state index is -0.823. The second-order valence-corrected chi connectivity index (χ2v) is 20.6. The fourth-order valence-electron chi connectivity index (χ4n) is 8.49. The Morgan fingerprint density at radius 2 is 0.507 bits per heavy atom. The summed E-state index contributed by atoms with van der Waals surface area (Å²) in [6.45, 7) is 6.51. The van der Waals surface area contributed by atoms with E-state index in [1.54, 1.807) is 0 Å². The van der Waals surface area contributed by atoms with Gasteiger partial charge < -0.3 is 14.2 Å². The molecule has 0 rings (SSSR count). The van der Waals surface area contributed by atoms with Gasteiger partial charge in [-0.25, -0.2) is 0 Å². The number of allylic oxidation sites excluding steroid dienone is 18. The first-order valence-corrected chi connectivity index (χ1v) is 31.4. The third-order valence-corrected chi connectivity index (χ3v) is 13.2. The Labute approximate surface area is 463 Å². The number of esters is 3. The number of carbonyl (C=O) groups is 3. The number of ether oxygens (including phenoxy) is 3. The van der Waals surface area contributed by atoms with Gasteiger partial charge in [-0.1, -0.05) is 259 Å². The lowest BCUT2D eigenvalue weighted by Gasteiger charge is -2.18. The summed E-state index contributed by atoms with van der Waals surface area (Å²) in [6, 6.07) is 0. The van der Waals surface area contributed by atoms with Crippen molar-refractivity contribution >= 4 is 17.9 Å². The predicted molar refractivity (Wildman–Crippen MR) is 325 cm³/mol. The molecule has 0 unspecified atom stereocenters. The van der Waals surface area contributed by atoms with E-state index >= 15 is 0 Å². The minimum Gasteiger partial charge on any atom is -0.462 e. The first-order valence-electron chi connectivity index (χ1n) is 31.4. The molecule has 0 aromatic carbocycles. The molecule has 0 N–H and O–H groups in total. The molecule has 0 amide bonds. The van der Waals surface area contributed by atoms with Crippen LogP contribution in [0, 0.1) is 0 Å². The number of unbranched alkanes of at least 4 members (excludes halogenated alkanes) is 27. The lowest BCUT2D eigenvalue weighted by molar-refractivity contribution is -0.166. The van der Waals surface area contributed by atoms with E-state index in [9.17, 15) is 14.4 Å². The van der Waals surface area contributed by atoms with Crippen molar-refractivity contribution in [2.75, 3.05) is 13.2 Å². The number of rotatable bonds is 56. The molecular formula is C69H116O6. The zero-order valence-electron chi connectivity index (χ0n) is 49.0. The Hall–Kier alpha value is -3.93. The van der Waals surface area contributed by atoms with Gasteiger partial charge >= 0.3 is 17.9 Å². The van der Waals surface area contributed by atoms with Gasteiger partial charge in [0.2, 0.25) is 0 Å². The first kappa shape index (κ1) is 71.1. The SMILES string of the molecule is CCCCC/C=C\C/C=C\C/C=C\C/C=C\C/C=C\CCC(=O)OC[C@H](COC(=O)CCCCCCCCCCCCC/C=C\CCCCCCCC)OC(=O)CCCCCC/C=C\C/C=C\C/C=C\CCCCC. The summed E-state index contributed by atoms with van der Waals surface area (Å²) in [5, 5.41) is 0. The Morgan fingerprint density at radius 3 is 0.867 bits per heavy atom. The van der Waals surface area contributed by atoms with E-state index in [0.29, 0.717) is 12.8 Å². The number of hydrogen-bond acceptors (Lipinski definition) is 6. The van der Waals surface area contributed by atoms with Gasteiger partial charge in [0.15, 0.2) is 6.10 Å². The molecule has 428 valence electrons. The monoisotopic (exact) mass is 1040 g/mol. The lowest BCUT2D eigenvalue weighted by Crippen LogP contribution is -2.30. The van der Waals surface area contributed by atoms with E-state index < -0.39 is 6.10 Å². The van der Waals surface area contributed by atoms with E-state index in [2.05, 4.69) is 124 Å². The molecule has 0 aromatic heterocycles. The largest absolute Gasteiger partial charge is 0.462 e. The molecule has 0 saturated heterocycles. The van der Waals surface area contributed by atoms with Gasteiger partial charge in [-0.15, -0.1) is 0 Å². The Bertz CT molecular complexity index is 1520. The normalized spacial score (nSPS) is 12.8. The molecule has 6 nitrogen and oxygen atoms in total. The first-order chi connectivity index (χ1) is 37.0. The molecule has 0 spiro atoms. The highest BCUT2D eigenvalue weighted by molar-refractivity contribution is 5.71. The van der Waals surface area contributed by atoms with Crippen molar-refractivity contribution in [1.82, 2.24) is 0 Å². The maximum atomic E-state index is 12.9. The average Bonchev–Trinajstić information content (AvgIpc) is 3.41. The van der Waals surface area contributed by atoms with E-state index in [1.165, 1.54) is 154 Å². The third kappa shape index (κ3) is 60.8. The van der Waals surface area contributed by atoms with Crippen LogP contribution in [0.5, 0.6) is 0 Å². The Kier molecular flexibility index (Phi) is 59.3. The van der Waals surface area contributed by atoms with E-state index in [0.717, 1.165) is 89.9 Å². The summed E-state index contributed by atoms with van der Waals surface area (Å²) < 4.78 is 16.8. The highest BCUT2D eigenvalue weighted by Gasteiger charge is 2.19. The maximum absolute atomic E-state index is 12.9. The van der Waals surface area contributed by atoms with Crippen LogP contribution in [-0.4, -0.2) is 37.2 Å². The smallest absolute Gasteiger partial charge is 0.306 e. The summed E-state index contributed by atoms with van der Waals surface area (Å²) >= 11 is 0. The van der Waals surface area contributed by atoms with Crippen LogP contribution in [0.4, 0.5) is 0 Å². The van der Waals surface area contributed by atoms with E-state index in [4.69, 9.17) is 14.2 Å². The van der Waals surface area contributed by atoms with Crippen molar-refractivity contribution in [3.63, 3.8) is 0 Å². The molecule has 0 heterocycles. The van der Waals surface area contributed by atoms with Crippen LogP contribution in [0.1, 0.15) is 290 Å².